The lowest BCUT2D eigenvalue weighted by Gasteiger charge is -2.32. The third-order valence-electron chi connectivity index (χ3n) is 13.1. The third-order valence-corrected chi connectivity index (χ3v) is 13.1. The minimum Gasteiger partial charge on any atom is -0.309 e. The second kappa shape index (κ2) is 16.0. The first kappa shape index (κ1) is 37.8. The van der Waals surface area contributed by atoms with E-state index in [1.54, 1.807) is 0 Å². The molecule has 0 radical (unpaired) electrons. The van der Waals surface area contributed by atoms with E-state index in [9.17, 15) is 0 Å². The zero-order chi connectivity index (χ0) is 42.4. The third kappa shape index (κ3) is 6.57. The summed E-state index contributed by atoms with van der Waals surface area (Å²) in [5.41, 5.74) is 20.6. The van der Waals surface area contributed by atoms with Gasteiger partial charge in [0.2, 0.25) is 0 Å². The van der Waals surface area contributed by atoms with Crippen LogP contribution in [0.25, 0.3) is 66.8 Å². The van der Waals surface area contributed by atoms with Crippen molar-refractivity contribution in [2.75, 3.05) is 4.90 Å². The number of nitrogens with zero attached hydrogens (tertiary/aromatic N) is 2. The molecule has 0 bridgehead atoms. The number of fused-ring (bicyclic) bond motifs is 7. The Labute approximate surface area is 374 Å². The summed E-state index contributed by atoms with van der Waals surface area (Å²) in [4.78, 5) is 2.48. The molecule has 0 saturated carbocycles. The number of para-hydroxylation sites is 4. The molecule has 2 aliphatic rings. The zero-order valence-electron chi connectivity index (χ0n) is 35.4. The van der Waals surface area contributed by atoms with Crippen molar-refractivity contribution in [1.29, 1.82) is 0 Å². The molecule has 304 valence electrons. The van der Waals surface area contributed by atoms with E-state index in [0.29, 0.717) is 0 Å². The topological polar surface area (TPSA) is 20.2 Å². The number of hydrogen-bond donors (Lipinski definition) is 1. The van der Waals surface area contributed by atoms with Gasteiger partial charge < -0.3 is 9.47 Å². The van der Waals surface area contributed by atoms with Crippen LogP contribution in [0.4, 0.5) is 17.1 Å². The normalized spacial score (nSPS) is 15.4. The molecular weight excluding hydrogens is 775 g/mol. The van der Waals surface area contributed by atoms with Crippen molar-refractivity contribution in [3.8, 4) is 50.3 Å². The van der Waals surface area contributed by atoms with Crippen LogP contribution in [0.15, 0.2) is 243 Å². The van der Waals surface area contributed by atoms with Gasteiger partial charge in [-0.15, -0.1) is 0 Å². The van der Waals surface area contributed by atoms with Crippen molar-refractivity contribution < 1.29 is 0 Å². The molecular formula is C61H45N3. The highest BCUT2D eigenvalue weighted by Gasteiger charge is 2.32. The van der Waals surface area contributed by atoms with Crippen LogP contribution in [-0.4, -0.2) is 4.57 Å². The number of hydrogen-bond acceptors (Lipinski definition) is 2. The lowest BCUT2D eigenvalue weighted by Crippen LogP contribution is -2.29. The molecule has 1 aromatic heterocycles. The highest BCUT2D eigenvalue weighted by Crippen LogP contribution is 2.54. The number of benzene rings is 9. The first-order valence-corrected chi connectivity index (χ1v) is 22.3. The van der Waals surface area contributed by atoms with Gasteiger partial charge in [0.15, 0.2) is 0 Å². The van der Waals surface area contributed by atoms with E-state index in [4.69, 9.17) is 0 Å². The Morgan fingerprint density at radius 2 is 0.969 bits per heavy atom. The average molecular weight is 820 g/mol. The van der Waals surface area contributed by atoms with Gasteiger partial charge in [0, 0.05) is 39.5 Å². The molecule has 0 amide bonds. The standard InChI is InChI=1S/C61H45N3/c1-4-19-42(20-5-1)43-35-37-45(38-36-43)56-41-47(40-55(62-56)44-21-6-2-7-22-44)51-28-11-10-27-50(51)46-23-18-26-49(39-46)63-57-32-15-12-29-52(57)60-53-30-13-16-33-58(53)64(48-24-8-3-9-25-48)61(60)54-31-14-17-34-59(54)63/h1-39,41,55-56,62H,40H2. The molecule has 3 heterocycles. The minimum absolute atomic E-state index is 0.0401. The second-order valence-corrected chi connectivity index (χ2v) is 16.9. The summed E-state index contributed by atoms with van der Waals surface area (Å²) in [6.45, 7) is 0. The second-order valence-electron chi connectivity index (χ2n) is 16.9. The summed E-state index contributed by atoms with van der Waals surface area (Å²) in [6.07, 6.45) is 3.34. The van der Waals surface area contributed by atoms with Crippen LogP contribution in [0.1, 0.15) is 35.2 Å². The Kier molecular flexibility index (Phi) is 9.47. The molecule has 0 saturated heterocycles. The molecule has 2 aliphatic heterocycles. The quantitative estimate of drug-likeness (QED) is 0.173. The predicted octanol–water partition coefficient (Wildman–Crippen LogP) is 15.9. The van der Waals surface area contributed by atoms with E-state index in [2.05, 4.69) is 257 Å². The van der Waals surface area contributed by atoms with Gasteiger partial charge in [0.05, 0.1) is 28.6 Å². The van der Waals surface area contributed by atoms with Crippen molar-refractivity contribution in [2.24, 2.45) is 0 Å². The van der Waals surface area contributed by atoms with Crippen molar-refractivity contribution in [3.05, 3.63) is 259 Å². The molecule has 0 fully saturated rings. The van der Waals surface area contributed by atoms with E-state index in [1.165, 1.54) is 77.8 Å². The summed E-state index contributed by atoms with van der Waals surface area (Å²) in [5.74, 6) is 0. The molecule has 3 nitrogen and oxygen atoms in total. The van der Waals surface area contributed by atoms with Gasteiger partial charge in [0.25, 0.3) is 0 Å². The van der Waals surface area contributed by atoms with Gasteiger partial charge in [-0.2, -0.15) is 0 Å². The van der Waals surface area contributed by atoms with Gasteiger partial charge in [-0.1, -0.05) is 200 Å². The predicted molar refractivity (Wildman–Crippen MR) is 267 cm³/mol. The largest absolute Gasteiger partial charge is 0.309 e. The fourth-order valence-corrected chi connectivity index (χ4v) is 10.2. The van der Waals surface area contributed by atoms with Crippen LogP contribution < -0.4 is 10.2 Å². The van der Waals surface area contributed by atoms with E-state index in [-0.39, 0.29) is 12.1 Å². The molecule has 2 unspecified atom stereocenters. The van der Waals surface area contributed by atoms with E-state index in [0.717, 1.165) is 29.2 Å². The molecule has 10 aromatic rings. The smallest absolute Gasteiger partial charge is 0.0641 e. The van der Waals surface area contributed by atoms with Gasteiger partial charge >= 0.3 is 0 Å². The molecule has 0 aliphatic carbocycles. The van der Waals surface area contributed by atoms with Gasteiger partial charge in [0.1, 0.15) is 0 Å². The minimum atomic E-state index is 0.0401. The number of anilines is 3. The van der Waals surface area contributed by atoms with Crippen molar-refractivity contribution >= 4 is 33.5 Å². The average Bonchev–Trinajstić information content (AvgIpc) is 3.66. The van der Waals surface area contributed by atoms with Crippen molar-refractivity contribution in [1.82, 2.24) is 9.88 Å². The number of nitrogens with one attached hydrogen (secondary N) is 1. The summed E-state index contributed by atoms with van der Waals surface area (Å²) < 4.78 is 2.46. The van der Waals surface area contributed by atoms with Crippen LogP contribution >= 0.6 is 0 Å². The lowest BCUT2D eigenvalue weighted by molar-refractivity contribution is 0.483. The number of rotatable bonds is 7. The Balaban J connectivity index is 0.989. The summed E-state index contributed by atoms with van der Waals surface area (Å²) in [5, 5.41) is 5.27. The Morgan fingerprint density at radius 1 is 0.406 bits per heavy atom. The Morgan fingerprint density at radius 3 is 1.73 bits per heavy atom. The molecule has 3 heteroatoms. The maximum absolute atomic E-state index is 4.03. The molecule has 12 rings (SSSR count). The molecule has 0 spiro atoms. The SMILES string of the molecule is C1=C(c2ccccc2-c2cccc(N3c4ccccc4-c4c(n(-c5ccccc5)c5ccccc45)-c4ccccc43)c2)CC(c2ccccc2)NC1c1ccc(-c2ccccc2)cc1. The molecule has 2 atom stereocenters. The van der Waals surface area contributed by atoms with E-state index >= 15 is 0 Å². The maximum Gasteiger partial charge on any atom is 0.0641 e. The van der Waals surface area contributed by atoms with Crippen molar-refractivity contribution in [2.45, 2.75) is 18.5 Å². The molecule has 9 aromatic carbocycles. The van der Waals surface area contributed by atoms with Crippen LogP contribution in [0, 0.1) is 0 Å². The summed E-state index contributed by atoms with van der Waals surface area (Å²) in [6, 6.07) is 86.5. The first-order chi connectivity index (χ1) is 31.8. The van der Waals surface area contributed by atoms with E-state index in [1.807, 2.05) is 0 Å². The van der Waals surface area contributed by atoms with Gasteiger partial charge in [-0.05, 0) is 93.4 Å². The van der Waals surface area contributed by atoms with Gasteiger partial charge in [-0.3, -0.25) is 5.32 Å². The highest BCUT2D eigenvalue weighted by atomic mass is 15.2. The maximum atomic E-state index is 4.03. The summed E-state index contributed by atoms with van der Waals surface area (Å²) >= 11 is 0. The number of aromatic nitrogens is 1. The lowest BCUT2D eigenvalue weighted by atomic mass is 9.84. The summed E-state index contributed by atoms with van der Waals surface area (Å²) in [7, 11) is 0. The Bertz CT molecular complexity index is 3330. The van der Waals surface area contributed by atoms with Crippen molar-refractivity contribution in [3.63, 3.8) is 0 Å². The van der Waals surface area contributed by atoms with Gasteiger partial charge in [-0.25, -0.2) is 0 Å². The van der Waals surface area contributed by atoms with E-state index < -0.39 is 0 Å². The zero-order valence-corrected chi connectivity index (χ0v) is 35.4. The Hall–Kier alpha value is -7.98. The highest BCUT2D eigenvalue weighted by molar-refractivity contribution is 6.13. The first-order valence-electron chi connectivity index (χ1n) is 22.3. The molecule has 64 heavy (non-hydrogen) atoms. The molecule has 1 N–H and O–H groups in total. The fourth-order valence-electron chi connectivity index (χ4n) is 10.2. The monoisotopic (exact) mass is 819 g/mol. The van der Waals surface area contributed by atoms with Crippen LogP contribution in [-0.2, 0) is 0 Å². The fraction of sp³-hybridized carbons (Fsp3) is 0.0492. The van der Waals surface area contributed by atoms with Crippen LogP contribution in [0.5, 0.6) is 0 Å². The van der Waals surface area contributed by atoms with Crippen LogP contribution in [0.2, 0.25) is 0 Å². The van der Waals surface area contributed by atoms with Crippen LogP contribution in [0.3, 0.4) is 0 Å².